The average molecular weight is 226 g/mol. The van der Waals surface area contributed by atoms with Gasteiger partial charge in [-0.2, -0.15) is 0 Å². The second-order valence-corrected chi connectivity index (χ2v) is 4.12. The van der Waals surface area contributed by atoms with E-state index >= 15 is 0 Å². The van der Waals surface area contributed by atoms with Crippen molar-refractivity contribution in [2.75, 3.05) is 12.9 Å². The van der Waals surface area contributed by atoms with E-state index in [2.05, 4.69) is 6.92 Å². The Balaban J connectivity index is 3.10. The fourth-order valence-corrected chi connectivity index (χ4v) is 2.20. The van der Waals surface area contributed by atoms with Crippen molar-refractivity contribution in [3.05, 3.63) is 17.7 Å². The van der Waals surface area contributed by atoms with Crippen LogP contribution in [-0.2, 0) is 6.42 Å². The summed E-state index contributed by atoms with van der Waals surface area (Å²) >= 11 is 1.66. The molecule has 0 aromatic heterocycles. The molecule has 1 aromatic carbocycles. The summed E-state index contributed by atoms with van der Waals surface area (Å²) in [5, 5.41) is 10.0. The molecule has 1 aromatic rings. The lowest BCUT2D eigenvalue weighted by atomic mass is 10.1. The highest BCUT2D eigenvalue weighted by molar-refractivity contribution is 7.98. The summed E-state index contributed by atoms with van der Waals surface area (Å²) < 4.78 is 5.36. The van der Waals surface area contributed by atoms with Crippen LogP contribution >= 0.6 is 11.8 Å². The van der Waals surface area contributed by atoms with Gasteiger partial charge in [-0.3, -0.25) is 0 Å². The maximum Gasteiger partial charge on any atom is 0.162 e. The van der Waals surface area contributed by atoms with Gasteiger partial charge in [0.05, 0.1) is 6.61 Å². The van der Waals surface area contributed by atoms with E-state index in [0.717, 1.165) is 23.3 Å². The number of phenolic OH excluding ortho intramolecular Hbond substituents is 1. The fourth-order valence-electron chi connectivity index (χ4n) is 1.55. The lowest BCUT2D eigenvalue weighted by Gasteiger charge is -2.13. The number of rotatable bonds is 5. The summed E-state index contributed by atoms with van der Waals surface area (Å²) in [4.78, 5) is 1.14. The van der Waals surface area contributed by atoms with E-state index < -0.39 is 0 Å². The Labute approximate surface area is 95.7 Å². The molecule has 2 nitrogen and oxygen atoms in total. The molecule has 0 aliphatic heterocycles. The molecule has 84 valence electrons. The van der Waals surface area contributed by atoms with Crippen molar-refractivity contribution < 1.29 is 9.84 Å². The molecule has 0 radical (unpaired) electrons. The summed E-state index contributed by atoms with van der Waals surface area (Å²) in [6.07, 6.45) is 3.94. The van der Waals surface area contributed by atoms with E-state index in [1.165, 1.54) is 0 Å². The summed E-state index contributed by atoms with van der Waals surface area (Å²) in [6, 6.07) is 3.85. The van der Waals surface area contributed by atoms with Crippen molar-refractivity contribution in [1.82, 2.24) is 0 Å². The number of phenols is 1. The number of ether oxygens (including phenoxy) is 1. The standard InChI is InChI=1S/C12H18O2S/c1-4-6-9-11(15-3)8-7-10(12(9)13)14-5-2/h7-8,13H,4-6H2,1-3H3. The Kier molecular flexibility index (Phi) is 4.82. The largest absolute Gasteiger partial charge is 0.504 e. The monoisotopic (exact) mass is 226 g/mol. The van der Waals surface area contributed by atoms with Gasteiger partial charge in [-0.25, -0.2) is 0 Å². The van der Waals surface area contributed by atoms with Gasteiger partial charge in [0.1, 0.15) is 0 Å². The summed E-state index contributed by atoms with van der Waals surface area (Å²) in [6.45, 7) is 4.61. The summed E-state index contributed by atoms with van der Waals surface area (Å²) in [5.41, 5.74) is 1.01. The van der Waals surface area contributed by atoms with Crippen LogP contribution in [0.5, 0.6) is 11.5 Å². The van der Waals surface area contributed by atoms with Gasteiger partial charge in [-0.1, -0.05) is 13.3 Å². The van der Waals surface area contributed by atoms with Gasteiger partial charge in [0.2, 0.25) is 0 Å². The maximum atomic E-state index is 10.0. The van der Waals surface area contributed by atoms with Crippen molar-refractivity contribution in [2.24, 2.45) is 0 Å². The van der Waals surface area contributed by atoms with Gasteiger partial charge in [-0.05, 0) is 31.7 Å². The van der Waals surface area contributed by atoms with Gasteiger partial charge in [0.25, 0.3) is 0 Å². The summed E-state index contributed by atoms with van der Waals surface area (Å²) in [7, 11) is 0. The lowest BCUT2D eigenvalue weighted by molar-refractivity contribution is 0.316. The zero-order valence-electron chi connectivity index (χ0n) is 9.54. The van der Waals surface area contributed by atoms with Crippen LogP contribution in [0.2, 0.25) is 0 Å². The highest BCUT2D eigenvalue weighted by Crippen LogP contribution is 2.37. The van der Waals surface area contributed by atoms with Crippen molar-refractivity contribution in [1.29, 1.82) is 0 Å². The number of hydrogen-bond acceptors (Lipinski definition) is 3. The highest BCUT2D eigenvalue weighted by atomic mass is 32.2. The van der Waals surface area contributed by atoms with Crippen LogP contribution in [0.15, 0.2) is 17.0 Å². The molecule has 0 aliphatic rings. The molecule has 0 spiro atoms. The molecule has 15 heavy (non-hydrogen) atoms. The van der Waals surface area contributed by atoms with E-state index in [1.807, 2.05) is 25.3 Å². The van der Waals surface area contributed by atoms with Crippen LogP contribution in [0.25, 0.3) is 0 Å². The highest BCUT2D eigenvalue weighted by Gasteiger charge is 2.11. The third-order valence-electron chi connectivity index (χ3n) is 2.22. The fraction of sp³-hybridized carbons (Fsp3) is 0.500. The number of benzene rings is 1. The molecular weight excluding hydrogens is 208 g/mol. The summed E-state index contributed by atoms with van der Waals surface area (Å²) in [5.74, 6) is 0.907. The van der Waals surface area contributed by atoms with Crippen molar-refractivity contribution in [3.63, 3.8) is 0 Å². The van der Waals surface area contributed by atoms with Crippen LogP contribution < -0.4 is 4.74 Å². The smallest absolute Gasteiger partial charge is 0.162 e. The third-order valence-corrected chi connectivity index (χ3v) is 3.04. The van der Waals surface area contributed by atoms with Gasteiger partial charge in [0, 0.05) is 10.5 Å². The van der Waals surface area contributed by atoms with Crippen LogP contribution in [0, 0.1) is 0 Å². The minimum absolute atomic E-state index is 0.311. The van der Waals surface area contributed by atoms with Crippen molar-refractivity contribution >= 4 is 11.8 Å². The van der Waals surface area contributed by atoms with E-state index in [1.54, 1.807) is 11.8 Å². The molecule has 0 bridgehead atoms. The van der Waals surface area contributed by atoms with Crippen molar-refractivity contribution in [3.8, 4) is 11.5 Å². The Morgan fingerprint density at radius 2 is 2.07 bits per heavy atom. The SMILES string of the molecule is CCCc1c(SC)ccc(OCC)c1O. The second kappa shape index (κ2) is 5.91. The molecule has 1 rings (SSSR count). The van der Waals surface area contributed by atoms with Crippen LogP contribution in [0.3, 0.4) is 0 Å². The van der Waals surface area contributed by atoms with E-state index in [0.29, 0.717) is 18.1 Å². The van der Waals surface area contributed by atoms with Gasteiger partial charge < -0.3 is 9.84 Å². The van der Waals surface area contributed by atoms with Crippen molar-refractivity contribution in [2.45, 2.75) is 31.6 Å². The van der Waals surface area contributed by atoms with E-state index in [4.69, 9.17) is 4.74 Å². The van der Waals surface area contributed by atoms with Gasteiger partial charge in [0.15, 0.2) is 11.5 Å². The molecule has 0 heterocycles. The second-order valence-electron chi connectivity index (χ2n) is 3.28. The van der Waals surface area contributed by atoms with E-state index in [-0.39, 0.29) is 0 Å². The number of thioether (sulfide) groups is 1. The normalized spacial score (nSPS) is 10.3. The minimum Gasteiger partial charge on any atom is -0.504 e. The first-order valence-electron chi connectivity index (χ1n) is 5.26. The first-order valence-corrected chi connectivity index (χ1v) is 6.48. The van der Waals surface area contributed by atoms with Crippen LogP contribution in [0.4, 0.5) is 0 Å². The topological polar surface area (TPSA) is 29.5 Å². The Morgan fingerprint density at radius 3 is 2.60 bits per heavy atom. The Morgan fingerprint density at radius 1 is 1.33 bits per heavy atom. The van der Waals surface area contributed by atoms with Crippen LogP contribution in [0.1, 0.15) is 25.8 Å². The van der Waals surface area contributed by atoms with Crippen LogP contribution in [-0.4, -0.2) is 18.0 Å². The average Bonchev–Trinajstić information content (AvgIpc) is 2.25. The minimum atomic E-state index is 0.311. The predicted molar refractivity (Wildman–Crippen MR) is 65.1 cm³/mol. The van der Waals surface area contributed by atoms with Gasteiger partial charge >= 0.3 is 0 Å². The first kappa shape index (κ1) is 12.2. The Bertz CT molecular complexity index is 324. The quantitative estimate of drug-likeness (QED) is 0.780. The zero-order valence-corrected chi connectivity index (χ0v) is 10.4. The number of hydrogen-bond donors (Lipinski definition) is 1. The zero-order chi connectivity index (χ0) is 11.3. The Hall–Kier alpha value is -0.830. The molecule has 0 aliphatic carbocycles. The van der Waals surface area contributed by atoms with E-state index in [9.17, 15) is 5.11 Å². The molecule has 0 amide bonds. The molecule has 1 N–H and O–H groups in total. The number of aromatic hydroxyl groups is 1. The molecule has 0 atom stereocenters. The molecule has 0 saturated carbocycles. The van der Waals surface area contributed by atoms with Gasteiger partial charge in [-0.15, -0.1) is 11.8 Å². The lowest BCUT2D eigenvalue weighted by Crippen LogP contribution is -1.96. The predicted octanol–water partition coefficient (Wildman–Crippen LogP) is 3.47. The molecule has 0 unspecified atom stereocenters. The molecular formula is C12H18O2S. The maximum absolute atomic E-state index is 10.0. The third kappa shape index (κ3) is 2.81. The molecule has 3 heteroatoms. The molecule has 0 fully saturated rings. The first-order chi connectivity index (χ1) is 7.24. The molecule has 0 saturated heterocycles.